The van der Waals surface area contributed by atoms with Gasteiger partial charge in [-0.1, -0.05) is 60.1 Å². The van der Waals surface area contributed by atoms with Crippen LogP contribution in [0.4, 0.5) is 0 Å². The smallest absolute Gasteiger partial charge is 0.125 e. The van der Waals surface area contributed by atoms with E-state index in [-0.39, 0.29) is 5.75 Å². The van der Waals surface area contributed by atoms with Crippen LogP contribution in [0.3, 0.4) is 0 Å². The lowest BCUT2D eigenvalue weighted by Crippen LogP contribution is -1.99. The molecule has 0 aliphatic heterocycles. The van der Waals surface area contributed by atoms with Crippen LogP contribution >= 0.6 is 11.6 Å². The lowest BCUT2D eigenvalue weighted by molar-refractivity contribution is 0.477. The standard InChI is InChI=1S/C21H15ClN2O/c22-18-12-6-4-10-16(18)20-14-19(17-11-5-7-13-21(17)25)23-24(20)15-8-2-1-3-9-15/h1-14,25H. The number of benzene rings is 3. The SMILES string of the molecule is Oc1ccccc1-c1cc(-c2ccccc2Cl)n(-c2ccccc2)n1. The molecule has 0 saturated carbocycles. The highest BCUT2D eigenvalue weighted by Gasteiger charge is 2.16. The molecule has 122 valence electrons. The van der Waals surface area contributed by atoms with Crippen molar-refractivity contribution in [2.75, 3.05) is 0 Å². The molecule has 0 fully saturated rings. The van der Waals surface area contributed by atoms with E-state index in [1.807, 2.05) is 77.5 Å². The molecule has 0 saturated heterocycles. The molecule has 4 rings (SSSR count). The Bertz CT molecular complexity index is 1030. The Morgan fingerprint density at radius 3 is 2.12 bits per heavy atom. The van der Waals surface area contributed by atoms with Crippen LogP contribution in [0.1, 0.15) is 0 Å². The lowest BCUT2D eigenvalue weighted by Gasteiger charge is -2.08. The molecule has 0 spiro atoms. The van der Waals surface area contributed by atoms with Crippen molar-refractivity contribution < 1.29 is 5.11 Å². The van der Waals surface area contributed by atoms with E-state index < -0.39 is 0 Å². The fraction of sp³-hybridized carbons (Fsp3) is 0. The molecule has 0 aliphatic rings. The second kappa shape index (κ2) is 6.46. The molecular formula is C21H15ClN2O. The van der Waals surface area contributed by atoms with E-state index in [1.54, 1.807) is 12.1 Å². The van der Waals surface area contributed by atoms with Gasteiger partial charge in [0.25, 0.3) is 0 Å². The first-order valence-corrected chi connectivity index (χ1v) is 8.30. The number of aromatic hydroxyl groups is 1. The lowest BCUT2D eigenvalue weighted by atomic mass is 10.1. The van der Waals surface area contributed by atoms with Crippen LogP contribution in [0.15, 0.2) is 84.9 Å². The predicted molar refractivity (Wildman–Crippen MR) is 101 cm³/mol. The van der Waals surface area contributed by atoms with Gasteiger partial charge in [-0.3, -0.25) is 0 Å². The highest BCUT2D eigenvalue weighted by atomic mass is 35.5. The summed E-state index contributed by atoms with van der Waals surface area (Å²) in [6.45, 7) is 0. The van der Waals surface area contributed by atoms with Gasteiger partial charge in [0.05, 0.1) is 17.1 Å². The fourth-order valence-electron chi connectivity index (χ4n) is 2.83. The highest BCUT2D eigenvalue weighted by molar-refractivity contribution is 6.33. The normalized spacial score (nSPS) is 10.8. The zero-order valence-electron chi connectivity index (χ0n) is 13.3. The molecular weight excluding hydrogens is 332 g/mol. The summed E-state index contributed by atoms with van der Waals surface area (Å²) in [6.07, 6.45) is 0. The van der Waals surface area contributed by atoms with Gasteiger partial charge in [0.15, 0.2) is 0 Å². The molecule has 0 radical (unpaired) electrons. The van der Waals surface area contributed by atoms with E-state index >= 15 is 0 Å². The van der Waals surface area contributed by atoms with Crippen molar-refractivity contribution in [2.45, 2.75) is 0 Å². The van der Waals surface area contributed by atoms with E-state index in [2.05, 4.69) is 0 Å². The molecule has 4 aromatic rings. The summed E-state index contributed by atoms with van der Waals surface area (Å²) in [5, 5.41) is 15.6. The number of rotatable bonds is 3. The average Bonchev–Trinajstić information content (AvgIpc) is 3.08. The zero-order valence-corrected chi connectivity index (χ0v) is 14.1. The summed E-state index contributed by atoms with van der Waals surface area (Å²) in [7, 11) is 0. The minimum Gasteiger partial charge on any atom is -0.507 e. The van der Waals surface area contributed by atoms with Crippen LogP contribution in [-0.2, 0) is 0 Å². The third-order valence-electron chi connectivity index (χ3n) is 4.04. The van der Waals surface area contributed by atoms with E-state index in [9.17, 15) is 5.11 Å². The van der Waals surface area contributed by atoms with Crippen LogP contribution in [0.25, 0.3) is 28.2 Å². The first-order valence-electron chi connectivity index (χ1n) is 7.93. The van der Waals surface area contributed by atoms with Crippen LogP contribution in [0.2, 0.25) is 5.02 Å². The third-order valence-corrected chi connectivity index (χ3v) is 4.37. The molecule has 1 aromatic heterocycles. The molecule has 0 unspecified atom stereocenters. The Hall–Kier alpha value is -3.04. The molecule has 0 bridgehead atoms. The number of nitrogens with zero attached hydrogens (tertiary/aromatic N) is 2. The van der Waals surface area contributed by atoms with Crippen LogP contribution in [0, 0.1) is 0 Å². The van der Waals surface area contributed by atoms with Crippen LogP contribution < -0.4 is 0 Å². The monoisotopic (exact) mass is 346 g/mol. The Morgan fingerprint density at radius 1 is 0.760 bits per heavy atom. The van der Waals surface area contributed by atoms with Crippen LogP contribution in [-0.4, -0.2) is 14.9 Å². The minimum atomic E-state index is 0.200. The van der Waals surface area contributed by atoms with E-state index in [0.717, 1.165) is 16.9 Å². The van der Waals surface area contributed by atoms with Gasteiger partial charge in [0.1, 0.15) is 5.75 Å². The number of phenols is 1. The maximum absolute atomic E-state index is 10.2. The van der Waals surface area contributed by atoms with Gasteiger partial charge < -0.3 is 5.11 Å². The first-order chi connectivity index (χ1) is 12.2. The molecule has 3 aromatic carbocycles. The summed E-state index contributed by atoms with van der Waals surface area (Å²) in [5.74, 6) is 0.200. The largest absolute Gasteiger partial charge is 0.507 e. The predicted octanol–water partition coefficient (Wildman–Crippen LogP) is 5.57. The second-order valence-corrected chi connectivity index (χ2v) is 6.07. The fourth-order valence-corrected chi connectivity index (χ4v) is 3.06. The maximum atomic E-state index is 10.2. The number of phenolic OH excluding ortho intramolecular Hbond substituents is 1. The van der Waals surface area contributed by atoms with Crippen molar-refractivity contribution in [3.63, 3.8) is 0 Å². The van der Waals surface area contributed by atoms with Gasteiger partial charge in [-0.25, -0.2) is 4.68 Å². The number of halogens is 1. The maximum Gasteiger partial charge on any atom is 0.125 e. The number of hydrogen-bond donors (Lipinski definition) is 1. The zero-order chi connectivity index (χ0) is 17.2. The number of hydrogen-bond acceptors (Lipinski definition) is 2. The summed E-state index contributed by atoms with van der Waals surface area (Å²) < 4.78 is 1.85. The summed E-state index contributed by atoms with van der Waals surface area (Å²) >= 11 is 6.41. The van der Waals surface area contributed by atoms with Gasteiger partial charge in [0, 0.05) is 16.1 Å². The Balaban J connectivity index is 1.96. The third kappa shape index (κ3) is 2.90. The van der Waals surface area contributed by atoms with Gasteiger partial charge >= 0.3 is 0 Å². The van der Waals surface area contributed by atoms with Gasteiger partial charge in [-0.15, -0.1) is 0 Å². The van der Waals surface area contributed by atoms with Crippen LogP contribution in [0.5, 0.6) is 5.75 Å². The summed E-state index contributed by atoms with van der Waals surface area (Å²) in [5.41, 5.74) is 4.07. The number of aromatic nitrogens is 2. The molecule has 3 nitrogen and oxygen atoms in total. The molecule has 0 atom stereocenters. The van der Waals surface area contributed by atoms with Crippen molar-refractivity contribution >= 4 is 11.6 Å². The first kappa shape index (κ1) is 15.5. The molecule has 1 N–H and O–H groups in total. The van der Waals surface area contributed by atoms with E-state index in [4.69, 9.17) is 16.7 Å². The summed E-state index contributed by atoms with van der Waals surface area (Å²) in [6, 6.07) is 26.7. The molecule has 25 heavy (non-hydrogen) atoms. The topological polar surface area (TPSA) is 38.0 Å². The van der Waals surface area contributed by atoms with E-state index in [1.165, 1.54) is 0 Å². The molecule has 0 aliphatic carbocycles. The molecule has 1 heterocycles. The molecule has 0 amide bonds. The van der Waals surface area contributed by atoms with Gasteiger partial charge in [0.2, 0.25) is 0 Å². The Labute approximate surface area is 150 Å². The van der Waals surface area contributed by atoms with Crippen molar-refractivity contribution in [1.29, 1.82) is 0 Å². The van der Waals surface area contributed by atoms with Crippen molar-refractivity contribution in [3.8, 4) is 34.0 Å². The van der Waals surface area contributed by atoms with Crippen molar-refractivity contribution in [1.82, 2.24) is 9.78 Å². The quantitative estimate of drug-likeness (QED) is 0.527. The van der Waals surface area contributed by atoms with Gasteiger partial charge in [-0.2, -0.15) is 5.10 Å². The van der Waals surface area contributed by atoms with Crippen molar-refractivity contribution in [2.24, 2.45) is 0 Å². The second-order valence-electron chi connectivity index (χ2n) is 5.66. The van der Waals surface area contributed by atoms with Crippen molar-refractivity contribution in [3.05, 3.63) is 90.0 Å². The van der Waals surface area contributed by atoms with Gasteiger partial charge in [-0.05, 0) is 36.4 Å². The van der Waals surface area contributed by atoms with E-state index in [0.29, 0.717) is 16.3 Å². The minimum absolute atomic E-state index is 0.200. The number of para-hydroxylation sites is 2. The summed E-state index contributed by atoms with van der Waals surface area (Å²) in [4.78, 5) is 0. The average molecular weight is 347 g/mol. The highest BCUT2D eigenvalue weighted by Crippen LogP contribution is 2.35. The molecule has 4 heteroatoms. The Morgan fingerprint density at radius 2 is 1.40 bits per heavy atom. The Kier molecular flexibility index (Phi) is 4.00.